The van der Waals surface area contributed by atoms with Crippen LogP contribution in [0.1, 0.15) is 16.7 Å². The number of halogens is 3. The Balaban J connectivity index is 3.09. The maximum atomic E-state index is 12.1. The van der Waals surface area contributed by atoms with Gasteiger partial charge in [0.05, 0.1) is 0 Å². The minimum atomic E-state index is -2.78. The summed E-state index contributed by atoms with van der Waals surface area (Å²) in [6.45, 7) is 0.715. The lowest BCUT2D eigenvalue weighted by Crippen LogP contribution is -2.05. The highest BCUT2D eigenvalue weighted by Crippen LogP contribution is 2.27. The zero-order chi connectivity index (χ0) is 11.4. The first kappa shape index (κ1) is 12.2. The average molecular weight is 277 g/mol. The molecule has 1 aromatic carbocycles. The van der Waals surface area contributed by atoms with Crippen LogP contribution in [0.15, 0.2) is 17.1 Å². The van der Waals surface area contributed by atoms with Crippen LogP contribution in [-0.4, -0.2) is 6.61 Å². The fraction of sp³-hybridized carbons (Fsp3) is 0.273. The van der Waals surface area contributed by atoms with Crippen LogP contribution in [0.5, 0.6) is 5.75 Å². The number of alkyl halides is 2. The molecule has 0 aliphatic heterocycles. The average Bonchev–Trinajstić information content (AvgIpc) is 2.11. The first-order valence-electron chi connectivity index (χ1n) is 4.37. The molecular formula is C11H11BrF2O. The van der Waals surface area contributed by atoms with E-state index < -0.39 is 6.61 Å². The van der Waals surface area contributed by atoms with Gasteiger partial charge in [0, 0.05) is 0 Å². The van der Waals surface area contributed by atoms with E-state index in [0.717, 1.165) is 5.56 Å². The van der Waals surface area contributed by atoms with Gasteiger partial charge in [-0.1, -0.05) is 15.9 Å². The van der Waals surface area contributed by atoms with Gasteiger partial charge in [0.25, 0.3) is 0 Å². The van der Waals surface area contributed by atoms with Crippen LogP contribution in [0.25, 0.3) is 6.08 Å². The van der Waals surface area contributed by atoms with Crippen molar-refractivity contribution in [2.75, 3.05) is 0 Å². The first-order chi connectivity index (χ1) is 7.04. The molecule has 15 heavy (non-hydrogen) atoms. The maximum absolute atomic E-state index is 12.1. The van der Waals surface area contributed by atoms with Crippen LogP contribution < -0.4 is 4.74 Å². The minimum Gasteiger partial charge on any atom is -0.434 e. The highest BCUT2D eigenvalue weighted by atomic mass is 79.9. The molecule has 0 fully saturated rings. The summed E-state index contributed by atoms with van der Waals surface area (Å²) >= 11 is 3.16. The van der Waals surface area contributed by atoms with E-state index in [2.05, 4.69) is 20.7 Å². The molecule has 0 saturated heterocycles. The lowest BCUT2D eigenvalue weighted by Gasteiger charge is -2.11. The van der Waals surface area contributed by atoms with E-state index in [0.29, 0.717) is 11.1 Å². The third-order valence-corrected chi connectivity index (χ3v) is 2.21. The lowest BCUT2D eigenvalue weighted by molar-refractivity contribution is -0.0507. The first-order valence-corrected chi connectivity index (χ1v) is 5.29. The molecule has 0 unspecified atom stereocenters. The molecule has 0 N–H and O–H groups in total. The van der Waals surface area contributed by atoms with Crippen molar-refractivity contribution in [1.82, 2.24) is 0 Å². The van der Waals surface area contributed by atoms with Crippen molar-refractivity contribution in [3.63, 3.8) is 0 Å². The standard InChI is InChI=1S/C11H11BrF2O/c1-7-5-9(3-4-12)6-8(2)10(7)15-11(13)14/h3-6,11H,1-2H3/b4-3+. The van der Waals surface area contributed by atoms with E-state index in [1.807, 2.05) is 6.08 Å². The van der Waals surface area contributed by atoms with Gasteiger partial charge in [-0.15, -0.1) is 0 Å². The van der Waals surface area contributed by atoms with E-state index in [1.54, 1.807) is 31.0 Å². The van der Waals surface area contributed by atoms with Gasteiger partial charge >= 0.3 is 6.61 Å². The van der Waals surface area contributed by atoms with Gasteiger partial charge < -0.3 is 4.74 Å². The van der Waals surface area contributed by atoms with Gasteiger partial charge in [-0.2, -0.15) is 8.78 Å². The second kappa shape index (κ2) is 5.26. The SMILES string of the molecule is Cc1cc(/C=C/Br)cc(C)c1OC(F)F. The summed E-state index contributed by atoms with van der Waals surface area (Å²) in [5.41, 5.74) is 2.36. The van der Waals surface area contributed by atoms with Crippen LogP contribution in [0.3, 0.4) is 0 Å². The van der Waals surface area contributed by atoms with Gasteiger partial charge in [0.1, 0.15) is 5.75 Å². The molecular weight excluding hydrogens is 266 g/mol. The number of benzene rings is 1. The Kier molecular flexibility index (Phi) is 4.27. The molecule has 0 aliphatic rings. The van der Waals surface area contributed by atoms with Gasteiger partial charge in [0.15, 0.2) is 0 Å². The monoisotopic (exact) mass is 276 g/mol. The molecule has 1 aromatic rings. The zero-order valence-corrected chi connectivity index (χ0v) is 10.0. The summed E-state index contributed by atoms with van der Waals surface area (Å²) in [5.74, 6) is 0.261. The van der Waals surface area contributed by atoms with Crippen molar-refractivity contribution in [3.05, 3.63) is 33.8 Å². The van der Waals surface area contributed by atoms with Crippen molar-refractivity contribution in [3.8, 4) is 5.75 Å². The number of aryl methyl sites for hydroxylation is 2. The Hall–Kier alpha value is -0.900. The van der Waals surface area contributed by atoms with Crippen LogP contribution in [-0.2, 0) is 0 Å². The summed E-state index contributed by atoms with van der Waals surface area (Å²) < 4.78 is 28.6. The maximum Gasteiger partial charge on any atom is 0.387 e. The molecule has 1 rings (SSSR count). The summed E-state index contributed by atoms with van der Waals surface area (Å²) in [4.78, 5) is 1.72. The lowest BCUT2D eigenvalue weighted by atomic mass is 10.1. The van der Waals surface area contributed by atoms with Crippen molar-refractivity contribution in [2.24, 2.45) is 0 Å². The third kappa shape index (κ3) is 3.30. The van der Waals surface area contributed by atoms with Gasteiger partial charge in [-0.3, -0.25) is 0 Å². The molecule has 0 spiro atoms. The predicted molar refractivity (Wildman–Crippen MR) is 60.5 cm³/mol. The van der Waals surface area contributed by atoms with Crippen molar-refractivity contribution >= 4 is 22.0 Å². The van der Waals surface area contributed by atoms with E-state index in [-0.39, 0.29) is 5.75 Å². The molecule has 0 saturated carbocycles. The smallest absolute Gasteiger partial charge is 0.387 e. The van der Waals surface area contributed by atoms with Crippen LogP contribution in [0.2, 0.25) is 0 Å². The fourth-order valence-corrected chi connectivity index (χ4v) is 1.73. The van der Waals surface area contributed by atoms with Crippen LogP contribution in [0, 0.1) is 13.8 Å². The molecule has 0 radical (unpaired) electrons. The Morgan fingerprint density at radius 1 is 1.27 bits per heavy atom. The second-order valence-electron chi connectivity index (χ2n) is 3.15. The number of ether oxygens (including phenoxy) is 1. The molecule has 0 bridgehead atoms. The molecule has 0 atom stereocenters. The molecule has 4 heteroatoms. The fourth-order valence-electron chi connectivity index (χ4n) is 1.43. The molecule has 0 amide bonds. The Morgan fingerprint density at radius 3 is 2.20 bits per heavy atom. The molecule has 0 aromatic heterocycles. The number of rotatable bonds is 3. The van der Waals surface area contributed by atoms with Crippen LogP contribution >= 0.6 is 15.9 Å². The van der Waals surface area contributed by atoms with Crippen LogP contribution in [0.4, 0.5) is 8.78 Å². The molecule has 82 valence electrons. The van der Waals surface area contributed by atoms with Crippen molar-refractivity contribution in [1.29, 1.82) is 0 Å². The third-order valence-electron chi connectivity index (χ3n) is 1.95. The number of hydrogen-bond donors (Lipinski definition) is 0. The molecule has 0 aliphatic carbocycles. The largest absolute Gasteiger partial charge is 0.434 e. The van der Waals surface area contributed by atoms with Gasteiger partial charge in [-0.25, -0.2) is 0 Å². The number of hydrogen-bond acceptors (Lipinski definition) is 1. The molecule has 0 heterocycles. The topological polar surface area (TPSA) is 9.23 Å². The predicted octanol–water partition coefficient (Wildman–Crippen LogP) is 4.27. The minimum absolute atomic E-state index is 0.261. The zero-order valence-electron chi connectivity index (χ0n) is 8.43. The van der Waals surface area contributed by atoms with Crippen molar-refractivity contribution in [2.45, 2.75) is 20.5 Å². The van der Waals surface area contributed by atoms with E-state index >= 15 is 0 Å². The normalized spacial score (nSPS) is 11.3. The Bertz CT molecular complexity index is 352. The Labute approximate surface area is 95.9 Å². The van der Waals surface area contributed by atoms with E-state index in [4.69, 9.17) is 0 Å². The highest BCUT2D eigenvalue weighted by Gasteiger charge is 2.10. The van der Waals surface area contributed by atoms with Gasteiger partial charge in [0.2, 0.25) is 0 Å². The summed E-state index contributed by atoms with van der Waals surface area (Å²) in [6.07, 6.45) is 1.84. The summed E-state index contributed by atoms with van der Waals surface area (Å²) in [5, 5.41) is 0. The highest BCUT2D eigenvalue weighted by molar-refractivity contribution is 9.11. The quantitative estimate of drug-likeness (QED) is 0.801. The molecule has 1 nitrogen and oxygen atoms in total. The van der Waals surface area contributed by atoms with Gasteiger partial charge in [-0.05, 0) is 53.7 Å². The second-order valence-corrected chi connectivity index (χ2v) is 3.68. The summed E-state index contributed by atoms with van der Waals surface area (Å²) in [7, 11) is 0. The van der Waals surface area contributed by atoms with Crippen molar-refractivity contribution < 1.29 is 13.5 Å². The Morgan fingerprint density at radius 2 is 1.80 bits per heavy atom. The summed E-state index contributed by atoms with van der Waals surface area (Å²) in [6, 6.07) is 3.59. The van der Waals surface area contributed by atoms with E-state index in [1.165, 1.54) is 0 Å². The van der Waals surface area contributed by atoms with E-state index in [9.17, 15) is 8.78 Å².